The summed E-state index contributed by atoms with van der Waals surface area (Å²) in [5.41, 5.74) is 0.102. The fourth-order valence-electron chi connectivity index (χ4n) is 1.25. The van der Waals surface area contributed by atoms with Gasteiger partial charge in [-0.25, -0.2) is 0 Å². The first-order valence-corrected chi connectivity index (χ1v) is 5.26. The second-order valence-corrected chi connectivity index (χ2v) is 4.07. The van der Waals surface area contributed by atoms with Crippen LogP contribution in [0.3, 0.4) is 0 Å². The summed E-state index contributed by atoms with van der Waals surface area (Å²) >= 11 is 0. The number of hydrogen-bond acceptors (Lipinski definition) is 1. The molecule has 0 aliphatic rings. The quantitative estimate of drug-likeness (QED) is 0.531. The highest BCUT2D eigenvalue weighted by molar-refractivity contribution is 4.67. The molecule has 1 heteroatoms. The highest BCUT2D eigenvalue weighted by Crippen LogP contribution is 2.18. The van der Waals surface area contributed by atoms with E-state index in [0.717, 1.165) is 13.0 Å². The zero-order valence-electron chi connectivity index (χ0n) is 9.15. The van der Waals surface area contributed by atoms with E-state index in [9.17, 15) is 0 Å². The van der Waals surface area contributed by atoms with Crippen LogP contribution in [0.15, 0.2) is 0 Å². The Morgan fingerprint density at radius 1 is 1.00 bits per heavy atom. The van der Waals surface area contributed by atoms with Gasteiger partial charge in [0.15, 0.2) is 0 Å². The van der Waals surface area contributed by atoms with Crippen molar-refractivity contribution in [3.05, 3.63) is 0 Å². The summed E-state index contributed by atoms with van der Waals surface area (Å²) in [7, 11) is 0. The summed E-state index contributed by atoms with van der Waals surface area (Å²) in [6.07, 6.45) is 6.24. The molecule has 0 amide bonds. The third-order valence-corrected chi connectivity index (χ3v) is 2.08. The molecule has 0 rings (SSSR count). The third kappa shape index (κ3) is 6.66. The number of unbranched alkanes of at least 4 members (excludes halogenated alkanes) is 2. The van der Waals surface area contributed by atoms with E-state index in [1.807, 2.05) is 0 Å². The van der Waals surface area contributed by atoms with Crippen LogP contribution in [0.2, 0.25) is 0 Å². The highest BCUT2D eigenvalue weighted by atomic mass is 16.5. The molecule has 0 bridgehead atoms. The van der Waals surface area contributed by atoms with Gasteiger partial charge in [-0.15, -0.1) is 0 Å². The van der Waals surface area contributed by atoms with Crippen molar-refractivity contribution in [2.75, 3.05) is 6.61 Å². The van der Waals surface area contributed by atoms with Gasteiger partial charge in [-0.2, -0.15) is 0 Å². The summed E-state index contributed by atoms with van der Waals surface area (Å²) in [6, 6.07) is 0. The van der Waals surface area contributed by atoms with Crippen LogP contribution >= 0.6 is 0 Å². The average Bonchev–Trinajstić information content (AvgIpc) is 2.01. The molecular formula is C11H24O. The molecule has 0 aromatic rings. The minimum Gasteiger partial charge on any atom is -0.376 e. The molecule has 1 nitrogen and oxygen atoms in total. The molecule has 0 saturated carbocycles. The van der Waals surface area contributed by atoms with Crippen molar-refractivity contribution in [1.82, 2.24) is 0 Å². The lowest BCUT2D eigenvalue weighted by atomic mass is 10.0. The van der Waals surface area contributed by atoms with E-state index < -0.39 is 0 Å². The molecule has 0 aromatic heterocycles. The zero-order chi connectivity index (χ0) is 9.45. The molecule has 0 unspecified atom stereocenters. The zero-order valence-corrected chi connectivity index (χ0v) is 9.15. The summed E-state index contributed by atoms with van der Waals surface area (Å²) < 4.78 is 5.73. The Labute approximate surface area is 77.5 Å². The van der Waals surface area contributed by atoms with Gasteiger partial charge in [0.1, 0.15) is 0 Å². The minimum absolute atomic E-state index is 0.102. The molecular weight excluding hydrogens is 148 g/mol. The fraction of sp³-hybridized carbons (Fsp3) is 1.00. The molecule has 0 aromatic carbocycles. The monoisotopic (exact) mass is 172 g/mol. The van der Waals surface area contributed by atoms with E-state index in [1.165, 1.54) is 25.7 Å². The third-order valence-electron chi connectivity index (χ3n) is 2.08. The van der Waals surface area contributed by atoms with Crippen LogP contribution in [0.4, 0.5) is 0 Å². The topological polar surface area (TPSA) is 9.23 Å². The Hall–Kier alpha value is -0.0400. The van der Waals surface area contributed by atoms with Crippen molar-refractivity contribution in [1.29, 1.82) is 0 Å². The predicted octanol–water partition coefficient (Wildman–Crippen LogP) is 3.77. The molecule has 0 aliphatic carbocycles. The molecule has 12 heavy (non-hydrogen) atoms. The van der Waals surface area contributed by atoms with Crippen molar-refractivity contribution in [3.8, 4) is 0 Å². The van der Waals surface area contributed by atoms with E-state index in [4.69, 9.17) is 4.74 Å². The van der Waals surface area contributed by atoms with Crippen LogP contribution in [0.25, 0.3) is 0 Å². The van der Waals surface area contributed by atoms with Crippen LogP contribution in [0.1, 0.15) is 59.8 Å². The second kappa shape index (κ2) is 6.47. The first kappa shape index (κ1) is 12.0. The maximum atomic E-state index is 5.73. The van der Waals surface area contributed by atoms with Crippen LogP contribution in [-0.4, -0.2) is 12.2 Å². The van der Waals surface area contributed by atoms with Crippen LogP contribution < -0.4 is 0 Å². The molecule has 74 valence electrons. The molecule has 0 spiro atoms. The van der Waals surface area contributed by atoms with Crippen molar-refractivity contribution >= 4 is 0 Å². The maximum absolute atomic E-state index is 5.73. The molecule has 0 heterocycles. The van der Waals surface area contributed by atoms with Gasteiger partial charge in [-0.1, -0.05) is 33.1 Å². The van der Waals surface area contributed by atoms with Crippen molar-refractivity contribution in [3.63, 3.8) is 0 Å². The van der Waals surface area contributed by atoms with Gasteiger partial charge in [-0.05, 0) is 26.7 Å². The Morgan fingerprint density at radius 2 is 1.67 bits per heavy atom. The number of hydrogen-bond donors (Lipinski definition) is 0. The Balaban J connectivity index is 3.42. The first-order valence-electron chi connectivity index (χ1n) is 5.26. The van der Waals surface area contributed by atoms with Gasteiger partial charge < -0.3 is 4.74 Å². The number of rotatable bonds is 7. The van der Waals surface area contributed by atoms with Crippen LogP contribution in [0, 0.1) is 0 Å². The van der Waals surface area contributed by atoms with E-state index in [1.54, 1.807) is 0 Å². The molecule has 0 N–H and O–H groups in total. The van der Waals surface area contributed by atoms with Gasteiger partial charge in [0.25, 0.3) is 0 Å². The van der Waals surface area contributed by atoms with Crippen LogP contribution in [0.5, 0.6) is 0 Å². The summed E-state index contributed by atoms with van der Waals surface area (Å²) in [5.74, 6) is 0. The Morgan fingerprint density at radius 3 is 2.17 bits per heavy atom. The lowest BCUT2D eigenvalue weighted by molar-refractivity contribution is -0.0245. The molecule has 0 aliphatic heterocycles. The Bertz CT molecular complexity index is 97.2. The van der Waals surface area contributed by atoms with E-state index in [2.05, 4.69) is 27.7 Å². The smallest absolute Gasteiger partial charge is 0.0626 e. The summed E-state index contributed by atoms with van der Waals surface area (Å²) in [4.78, 5) is 0. The minimum atomic E-state index is 0.102. The SMILES string of the molecule is CCCCCC(C)(C)OCCC. The van der Waals surface area contributed by atoms with Crippen LogP contribution in [-0.2, 0) is 4.74 Å². The average molecular weight is 172 g/mol. The van der Waals surface area contributed by atoms with E-state index >= 15 is 0 Å². The fourth-order valence-corrected chi connectivity index (χ4v) is 1.25. The van der Waals surface area contributed by atoms with Gasteiger partial charge in [0, 0.05) is 6.61 Å². The van der Waals surface area contributed by atoms with Crippen molar-refractivity contribution in [2.45, 2.75) is 65.4 Å². The highest BCUT2D eigenvalue weighted by Gasteiger charge is 2.16. The lowest BCUT2D eigenvalue weighted by Gasteiger charge is -2.25. The molecule has 0 saturated heterocycles. The van der Waals surface area contributed by atoms with Gasteiger partial charge in [0.05, 0.1) is 5.60 Å². The van der Waals surface area contributed by atoms with E-state index in [0.29, 0.717) is 0 Å². The van der Waals surface area contributed by atoms with Gasteiger partial charge >= 0.3 is 0 Å². The maximum Gasteiger partial charge on any atom is 0.0626 e. The standard InChI is InChI=1S/C11H24O/c1-5-7-8-9-11(3,4)12-10-6-2/h5-10H2,1-4H3. The first-order chi connectivity index (χ1) is 5.62. The lowest BCUT2D eigenvalue weighted by Crippen LogP contribution is -2.24. The Kier molecular flexibility index (Phi) is 6.45. The molecule has 0 fully saturated rings. The van der Waals surface area contributed by atoms with E-state index in [-0.39, 0.29) is 5.60 Å². The van der Waals surface area contributed by atoms with Crippen molar-refractivity contribution < 1.29 is 4.74 Å². The normalized spacial score (nSPS) is 12.0. The molecule has 0 atom stereocenters. The number of ether oxygens (including phenoxy) is 1. The van der Waals surface area contributed by atoms with Gasteiger partial charge in [-0.3, -0.25) is 0 Å². The summed E-state index contributed by atoms with van der Waals surface area (Å²) in [6.45, 7) is 9.68. The second-order valence-electron chi connectivity index (χ2n) is 4.07. The predicted molar refractivity (Wildman–Crippen MR) is 54.5 cm³/mol. The van der Waals surface area contributed by atoms with Gasteiger partial charge in [0.2, 0.25) is 0 Å². The summed E-state index contributed by atoms with van der Waals surface area (Å²) in [5, 5.41) is 0. The van der Waals surface area contributed by atoms with Crippen molar-refractivity contribution in [2.24, 2.45) is 0 Å². The molecule has 0 radical (unpaired) electrons. The largest absolute Gasteiger partial charge is 0.376 e.